The first-order valence-electron chi connectivity index (χ1n) is 5.93. The van der Waals surface area contributed by atoms with E-state index in [1.807, 2.05) is 27.7 Å². The lowest BCUT2D eigenvalue weighted by molar-refractivity contribution is -0.141. The Balaban J connectivity index is 4.27. The van der Waals surface area contributed by atoms with Crippen molar-refractivity contribution in [2.24, 2.45) is 11.3 Å². The summed E-state index contributed by atoms with van der Waals surface area (Å²) in [7, 11) is 0. The standard InChI is InChI=1S/C12H24N2O3/c1-6-14(7-9(2)10(15)16)11(17)13-8-12(3,4)5/h9H,6-8H2,1-5H3,(H,13,17)(H,15,16). The monoisotopic (exact) mass is 244 g/mol. The first-order chi connectivity index (χ1) is 7.67. The van der Waals surface area contributed by atoms with Crippen molar-refractivity contribution in [3.63, 3.8) is 0 Å². The predicted molar refractivity (Wildman–Crippen MR) is 66.9 cm³/mol. The van der Waals surface area contributed by atoms with Crippen LogP contribution in [0.1, 0.15) is 34.6 Å². The number of carbonyl (C=O) groups excluding carboxylic acids is 1. The smallest absolute Gasteiger partial charge is 0.317 e. The third-order valence-corrected chi connectivity index (χ3v) is 2.35. The number of rotatable bonds is 5. The Labute approximate surface area is 103 Å². The van der Waals surface area contributed by atoms with E-state index in [0.717, 1.165) is 0 Å². The summed E-state index contributed by atoms with van der Waals surface area (Å²) in [6.45, 7) is 10.8. The summed E-state index contributed by atoms with van der Waals surface area (Å²) in [5.41, 5.74) is 0.0213. The van der Waals surface area contributed by atoms with Crippen LogP contribution in [0.5, 0.6) is 0 Å². The zero-order chi connectivity index (χ0) is 13.6. The first kappa shape index (κ1) is 15.7. The van der Waals surface area contributed by atoms with E-state index in [2.05, 4.69) is 5.32 Å². The molecule has 0 aliphatic rings. The molecule has 1 unspecified atom stereocenters. The van der Waals surface area contributed by atoms with E-state index in [9.17, 15) is 9.59 Å². The number of urea groups is 1. The molecule has 0 aliphatic carbocycles. The molecule has 0 rings (SSSR count). The molecule has 0 aromatic rings. The maximum atomic E-state index is 11.8. The van der Waals surface area contributed by atoms with Crippen LogP contribution < -0.4 is 5.32 Å². The number of hydrogen-bond donors (Lipinski definition) is 2. The molecule has 1 atom stereocenters. The lowest BCUT2D eigenvalue weighted by Crippen LogP contribution is -2.45. The summed E-state index contributed by atoms with van der Waals surface area (Å²) < 4.78 is 0. The Bertz CT molecular complexity index is 271. The topological polar surface area (TPSA) is 69.6 Å². The zero-order valence-electron chi connectivity index (χ0n) is 11.4. The number of carbonyl (C=O) groups is 2. The highest BCUT2D eigenvalue weighted by Crippen LogP contribution is 2.10. The van der Waals surface area contributed by atoms with Crippen LogP contribution in [-0.2, 0) is 4.79 Å². The van der Waals surface area contributed by atoms with Gasteiger partial charge in [-0.05, 0) is 12.3 Å². The van der Waals surface area contributed by atoms with E-state index in [1.54, 1.807) is 6.92 Å². The Morgan fingerprint density at radius 1 is 1.35 bits per heavy atom. The van der Waals surface area contributed by atoms with Gasteiger partial charge in [-0.3, -0.25) is 4.79 Å². The van der Waals surface area contributed by atoms with Gasteiger partial charge >= 0.3 is 12.0 Å². The maximum absolute atomic E-state index is 11.8. The normalized spacial score (nSPS) is 13.0. The Morgan fingerprint density at radius 2 is 1.88 bits per heavy atom. The molecule has 0 radical (unpaired) electrons. The van der Waals surface area contributed by atoms with Gasteiger partial charge in [0.05, 0.1) is 5.92 Å². The quantitative estimate of drug-likeness (QED) is 0.774. The van der Waals surface area contributed by atoms with Crippen molar-refractivity contribution in [2.75, 3.05) is 19.6 Å². The summed E-state index contributed by atoms with van der Waals surface area (Å²) >= 11 is 0. The summed E-state index contributed by atoms with van der Waals surface area (Å²) in [6.07, 6.45) is 0. The van der Waals surface area contributed by atoms with Gasteiger partial charge in [-0.1, -0.05) is 27.7 Å². The number of carboxylic acid groups (broad SMARTS) is 1. The average molecular weight is 244 g/mol. The number of amides is 2. The lowest BCUT2D eigenvalue weighted by Gasteiger charge is -2.26. The number of hydrogen-bond acceptors (Lipinski definition) is 2. The van der Waals surface area contributed by atoms with Crippen LogP contribution in [0.2, 0.25) is 0 Å². The van der Waals surface area contributed by atoms with Gasteiger partial charge in [-0.25, -0.2) is 4.79 Å². The maximum Gasteiger partial charge on any atom is 0.317 e. The molecular formula is C12H24N2O3. The van der Waals surface area contributed by atoms with Crippen molar-refractivity contribution in [2.45, 2.75) is 34.6 Å². The molecule has 2 amide bonds. The van der Waals surface area contributed by atoms with Gasteiger partial charge in [-0.2, -0.15) is 0 Å². The molecule has 0 saturated carbocycles. The summed E-state index contributed by atoms with van der Waals surface area (Å²) in [4.78, 5) is 24.1. The predicted octanol–water partition coefficient (Wildman–Crippen LogP) is 1.78. The highest BCUT2D eigenvalue weighted by atomic mass is 16.4. The van der Waals surface area contributed by atoms with Crippen molar-refractivity contribution in [1.29, 1.82) is 0 Å². The highest BCUT2D eigenvalue weighted by molar-refractivity contribution is 5.75. The molecule has 0 aromatic carbocycles. The molecule has 0 heterocycles. The third-order valence-electron chi connectivity index (χ3n) is 2.35. The van der Waals surface area contributed by atoms with Crippen molar-refractivity contribution >= 4 is 12.0 Å². The van der Waals surface area contributed by atoms with Gasteiger partial charge in [0.2, 0.25) is 0 Å². The molecule has 0 bridgehead atoms. The van der Waals surface area contributed by atoms with Crippen molar-refractivity contribution in [3.05, 3.63) is 0 Å². The fourth-order valence-corrected chi connectivity index (χ4v) is 1.22. The van der Waals surface area contributed by atoms with Crippen LogP contribution >= 0.6 is 0 Å². The van der Waals surface area contributed by atoms with Crippen molar-refractivity contribution < 1.29 is 14.7 Å². The van der Waals surface area contributed by atoms with Gasteiger partial charge in [0.1, 0.15) is 0 Å². The van der Waals surface area contributed by atoms with Gasteiger partial charge in [-0.15, -0.1) is 0 Å². The Hall–Kier alpha value is -1.26. The highest BCUT2D eigenvalue weighted by Gasteiger charge is 2.20. The molecular weight excluding hydrogens is 220 g/mol. The largest absolute Gasteiger partial charge is 0.481 e. The molecule has 0 spiro atoms. The lowest BCUT2D eigenvalue weighted by atomic mass is 9.97. The SMILES string of the molecule is CCN(CC(C)C(=O)O)C(=O)NCC(C)(C)C. The van der Waals surface area contributed by atoms with E-state index < -0.39 is 11.9 Å². The van der Waals surface area contributed by atoms with Gasteiger partial charge in [0.15, 0.2) is 0 Å². The van der Waals surface area contributed by atoms with Crippen LogP contribution in [0, 0.1) is 11.3 Å². The van der Waals surface area contributed by atoms with Crippen LogP contribution in [0.4, 0.5) is 4.79 Å². The third kappa shape index (κ3) is 6.81. The molecule has 17 heavy (non-hydrogen) atoms. The van der Waals surface area contributed by atoms with E-state index in [1.165, 1.54) is 4.90 Å². The van der Waals surface area contributed by atoms with Crippen LogP contribution in [0.25, 0.3) is 0 Å². The number of nitrogens with zero attached hydrogens (tertiary/aromatic N) is 1. The fourth-order valence-electron chi connectivity index (χ4n) is 1.22. The minimum absolute atomic E-state index is 0.0213. The molecule has 0 saturated heterocycles. The molecule has 0 fully saturated rings. The van der Waals surface area contributed by atoms with Gasteiger partial charge < -0.3 is 15.3 Å². The molecule has 100 valence electrons. The molecule has 5 nitrogen and oxygen atoms in total. The Kier molecular flexibility index (Phi) is 5.99. The van der Waals surface area contributed by atoms with Gasteiger partial charge in [0, 0.05) is 19.6 Å². The minimum Gasteiger partial charge on any atom is -0.481 e. The second kappa shape index (κ2) is 6.47. The number of aliphatic carboxylic acids is 1. The van der Waals surface area contributed by atoms with Crippen LogP contribution in [0.3, 0.4) is 0 Å². The molecule has 0 aliphatic heterocycles. The second-order valence-corrected chi connectivity index (χ2v) is 5.50. The minimum atomic E-state index is -0.882. The van der Waals surface area contributed by atoms with Crippen LogP contribution in [-0.4, -0.2) is 41.6 Å². The van der Waals surface area contributed by atoms with Crippen molar-refractivity contribution in [3.8, 4) is 0 Å². The van der Waals surface area contributed by atoms with E-state index in [0.29, 0.717) is 13.1 Å². The zero-order valence-corrected chi connectivity index (χ0v) is 11.4. The average Bonchev–Trinajstić information content (AvgIpc) is 2.20. The van der Waals surface area contributed by atoms with E-state index >= 15 is 0 Å². The van der Waals surface area contributed by atoms with E-state index in [-0.39, 0.29) is 18.0 Å². The fraction of sp³-hybridized carbons (Fsp3) is 0.833. The molecule has 0 aromatic heterocycles. The van der Waals surface area contributed by atoms with Crippen molar-refractivity contribution in [1.82, 2.24) is 10.2 Å². The summed E-state index contributed by atoms with van der Waals surface area (Å²) in [5.74, 6) is -1.43. The molecule has 5 heteroatoms. The van der Waals surface area contributed by atoms with E-state index in [4.69, 9.17) is 5.11 Å². The Morgan fingerprint density at radius 3 is 2.24 bits per heavy atom. The summed E-state index contributed by atoms with van der Waals surface area (Å²) in [5, 5.41) is 11.6. The number of nitrogens with one attached hydrogen (secondary N) is 1. The second-order valence-electron chi connectivity index (χ2n) is 5.50. The number of carboxylic acids is 1. The molecule has 2 N–H and O–H groups in total. The summed E-state index contributed by atoms with van der Waals surface area (Å²) in [6, 6.07) is -0.199. The first-order valence-corrected chi connectivity index (χ1v) is 5.93. The van der Waals surface area contributed by atoms with Gasteiger partial charge in [0.25, 0.3) is 0 Å². The van der Waals surface area contributed by atoms with Crippen LogP contribution in [0.15, 0.2) is 0 Å².